The van der Waals surface area contributed by atoms with Crippen molar-refractivity contribution in [1.82, 2.24) is 4.72 Å². The van der Waals surface area contributed by atoms with Crippen LogP contribution in [-0.4, -0.2) is 37.9 Å². The van der Waals surface area contributed by atoms with E-state index in [-0.39, 0.29) is 15.5 Å². The molecule has 1 aromatic rings. The minimum Gasteiger partial charge on any atom is -0.395 e. The molecule has 0 unspecified atom stereocenters. The van der Waals surface area contributed by atoms with Crippen molar-refractivity contribution in [3.05, 3.63) is 28.8 Å². The number of hydrogen-bond acceptors (Lipinski definition) is 5. The molecule has 18 heavy (non-hydrogen) atoms. The van der Waals surface area contributed by atoms with Gasteiger partial charge in [0.2, 0.25) is 10.0 Å². The molecule has 0 spiro atoms. The molecule has 0 radical (unpaired) electrons. The Balaban J connectivity index is 3.06. The van der Waals surface area contributed by atoms with Crippen molar-refractivity contribution < 1.29 is 18.6 Å². The molecule has 1 rings (SSSR count). The standard InChI is InChI=1S/C10H11ClN2O4S/c11-10-3-9(2-1-7(10)4-12)18(16,17)13-8(5-14)6-15/h1-3,8,13-15H,5-6H2. The highest BCUT2D eigenvalue weighted by Crippen LogP contribution is 2.20. The van der Waals surface area contributed by atoms with Gasteiger partial charge in [0.1, 0.15) is 6.07 Å². The van der Waals surface area contributed by atoms with Crippen molar-refractivity contribution in [2.75, 3.05) is 13.2 Å². The number of rotatable bonds is 5. The number of aliphatic hydroxyl groups excluding tert-OH is 2. The van der Waals surface area contributed by atoms with E-state index >= 15 is 0 Å². The quantitative estimate of drug-likeness (QED) is 0.698. The Morgan fingerprint density at radius 2 is 2.00 bits per heavy atom. The summed E-state index contributed by atoms with van der Waals surface area (Å²) in [6.45, 7) is -1.06. The highest BCUT2D eigenvalue weighted by atomic mass is 35.5. The smallest absolute Gasteiger partial charge is 0.241 e. The lowest BCUT2D eigenvalue weighted by molar-refractivity contribution is 0.185. The third-order valence-corrected chi connectivity index (χ3v) is 3.96. The molecule has 0 atom stereocenters. The van der Waals surface area contributed by atoms with Gasteiger partial charge in [0.15, 0.2) is 0 Å². The molecule has 1 aromatic carbocycles. The van der Waals surface area contributed by atoms with Gasteiger partial charge in [-0.1, -0.05) is 11.6 Å². The van der Waals surface area contributed by atoms with E-state index < -0.39 is 29.3 Å². The van der Waals surface area contributed by atoms with Gasteiger partial charge in [-0.15, -0.1) is 0 Å². The Morgan fingerprint density at radius 1 is 1.39 bits per heavy atom. The van der Waals surface area contributed by atoms with Crippen LogP contribution in [0.15, 0.2) is 23.1 Å². The molecule has 0 aromatic heterocycles. The SMILES string of the molecule is N#Cc1ccc(S(=O)(=O)NC(CO)CO)cc1Cl. The monoisotopic (exact) mass is 290 g/mol. The predicted octanol–water partition coefficient (Wildman–Crippen LogP) is -0.157. The van der Waals surface area contributed by atoms with Crippen molar-refractivity contribution in [2.24, 2.45) is 0 Å². The summed E-state index contributed by atoms with van der Waals surface area (Å²) in [6, 6.07) is 4.46. The first kappa shape index (κ1) is 14.9. The summed E-state index contributed by atoms with van der Waals surface area (Å²) in [5.74, 6) is 0. The zero-order chi connectivity index (χ0) is 13.8. The van der Waals surface area contributed by atoms with Crippen LogP contribution in [0.3, 0.4) is 0 Å². The lowest BCUT2D eigenvalue weighted by Crippen LogP contribution is -2.39. The van der Waals surface area contributed by atoms with Crippen LogP contribution in [0, 0.1) is 11.3 Å². The molecule has 0 bridgehead atoms. The summed E-state index contributed by atoms with van der Waals surface area (Å²) < 4.78 is 25.8. The Bertz CT molecular complexity index is 564. The first-order chi connectivity index (χ1) is 8.44. The van der Waals surface area contributed by atoms with E-state index in [1.807, 2.05) is 6.07 Å². The summed E-state index contributed by atoms with van der Waals surface area (Å²) in [6.07, 6.45) is 0. The van der Waals surface area contributed by atoms with E-state index in [9.17, 15) is 8.42 Å². The van der Waals surface area contributed by atoms with Gasteiger partial charge in [0, 0.05) is 0 Å². The number of nitriles is 1. The molecule has 6 nitrogen and oxygen atoms in total. The van der Waals surface area contributed by atoms with Gasteiger partial charge < -0.3 is 10.2 Å². The Hall–Kier alpha value is -1.17. The minimum absolute atomic E-state index is 0.0184. The number of hydrogen-bond donors (Lipinski definition) is 3. The average Bonchev–Trinajstić information content (AvgIpc) is 2.35. The Labute approximate surface area is 109 Å². The maximum Gasteiger partial charge on any atom is 0.241 e. The summed E-state index contributed by atoms with van der Waals surface area (Å²) in [7, 11) is -3.90. The molecule has 0 amide bonds. The first-order valence-corrected chi connectivity index (χ1v) is 6.74. The van der Waals surface area contributed by atoms with Crippen LogP contribution in [0.1, 0.15) is 5.56 Å². The third-order valence-electron chi connectivity index (χ3n) is 2.13. The van der Waals surface area contributed by atoms with Crippen molar-refractivity contribution in [3.63, 3.8) is 0 Å². The molecule has 98 valence electrons. The van der Waals surface area contributed by atoms with E-state index in [1.165, 1.54) is 12.1 Å². The van der Waals surface area contributed by atoms with Crippen LogP contribution in [0.4, 0.5) is 0 Å². The molecule has 0 aliphatic carbocycles. The number of nitrogens with zero attached hydrogens (tertiary/aromatic N) is 1. The van der Waals surface area contributed by atoms with Gasteiger partial charge in [-0.25, -0.2) is 13.1 Å². The van der Waals surface area contributed by atoms with Crippen LogP contribution in [0.5, 0.6) is 0 Å². The molecule has 0 fully saturated rings. The largest absolute Gasteiger partial charge is 0.395 e. The highest BCUT2D eigenvalue weighted by molar-refractivity contribution is 7.89. The molecule has 0 saturated carbocycles. The molecule has 3 N–H and O–H groups in total. The van der Waals surface area contributed by atoms with Crippen molar-refractivity contribution in [2.45, 2.75) is 10.9 Å². The van der Waals surface area contributed by atoms with Gasteiger partial charge in [-0.2, -0.15) is 5.26 Å². The zero-order valence-electron chi connectivity index (χ0n) is 9.17. The van der Waals surface area contributed by atoms with Crippen molar-refractivity contribution >= 4 is 21.6 Å². The Kier molecular flexibility index (Phi) is 5.07. The lowest BCUT2D eigenvalue weighted by Gasteiger charge is -2.13. The van der Waals surface area contributed by atoms with Crippen molar-refractivity contribution in [1.29, 1.82) is 5.26 Å². The maximum absolute atomic E-state index is 11.8. The normalized spacial score (nSPS) is 11.5. The fourth-order valence-corrected chi connectivity index (χ4v) is 2.71. The fourth-order valence-electron chi connectivity index (χ4n) is 1.17. The van der Waals surface area contributed by atoms with Crippen LogP contribution < -0.4 is 4.72 Å². The number of halogens is 1. The molecule has 8 heteroatoms. The van der Waals surface area contributed by atoms with Gasteiger partial charge in [0.25, 0.3) is 0 Å². The number of nitrogens with one attached hydrogen (secondary N) is 1. The molecule has 0 aliphatic heterocycles. The number of sulfonamides is 1. The minimum atomic E-state index is -3.90. The van der Waals surface area contributed by atoms with Crippen LogP contribution in [0.2, 0.25) is 5.02 Å². The van der Waals surface area contributed by atoms with Gasteiger partial charge in [-0.3, -0.25) is 0 Å². The highest BCUT2D eigenvalue weighted by Gasteiger charge is 2.20. The zero-order valence-corrected chi connectivity index (χ0v) is 10.7. The molecule has 0 heterocycles. The van der Waals surface area contributed by atoms with Gasteiger partial charge in [0.05, 0.1) is 34.7 Å². The number of benzene rings is 1. The lowest BCUT2D eigenvalue weighted by atomic mass is 10.2. The summed E-state index contributed by atoms with van der Waals surface area (Å²) >= 11 is 5.73. The summed E-state index contributed by atoms with van der Waals surface area (Å²) in [5.41, 5.74) is 0.163. The predicted molar refractivity (Wildman–Crippen MR) is 64.4 cm³/mol. The second-order valence-electron chi connectivity index (χ2n) is 3.44. The van der Waals surface area contributed by atoms with E-state index in [1.54, 1.807) is 0 Å². The van der Waals surface area contributed by atoms with Gasteiger partial charge in [-0.05, 0) is 18.2 Å². The van der Waals surface area contributed by atoms with Gasteiger partial charge >= 0.3 is 0 Å². The topological polar surface area (TPSA) is 110 Å². The molecular weight excluding hydrogens is 280 g/mol. The summed E-state index contributed by atoms with van der Waals surface area (Å²) in [4.78, 5) is -0.140. The van der Waals surface area contributed by atoms with E-state index in [4.69, 9.17) is 27.1 Å². The van der Waals surface area contributed by atoms with Crippen LogP contribution in [-0.2, 0) is 10.0 Å². The maximum atomic E-state index is 11.8. The second-order valence-corrected chi connectivity index (χ2v) is 5.56. The Morgan fingerprint density at radius 3 is 2.44 bits per heavy atom. The molecule has 0 aliphatic rings. The van der Waals surface area contributed by atoms with E-state index in [0.29, 0.717) is 0 Å². The van der Waals surface area contributed by atoms with E-state index in [2.05, 4.69) is 4.72 Å². The van der Waals surface area contributed by atoms with Crippen molar-refractivity contribution in [3.8, 4) is 6.07 Å². The first-order valence-electron chi connectivity index (χ1n) is 4.88. The van der Waals surface area contributed by atoms with Crippen LogP contribution in [0.25, 0.3) is 0 Å². The second kappa shape index (κ2) is 6.13. The molecular formula is C10H11ClN2O4S. The average molecular weight is 291 g/mol. The fraction of sp³-hybridized carbons (Fsp3) is 0.300. The third kappa shape index (κ3) is 3.41. The summed E-state index contributed by atoms with van der Waals surface area (Å²) in [5, 5.41) is 26.3. The molecule has 0 saturated heterocycles. The number of aliphatic hydroxyl groups is 2. The van der Waals surface area contributed by atoms with E-state index in [0.717, 1.165) is 6.07 Å². The van der Waals surface area contributed by atoms with Crippen LogP contribution >= 0.6 is 11.6 Å².